The first-order valence-corrected chi connectivity index (χ1v) is 8.96. The van der Waals surface area contributed by atoms with Crippen LogP contribution < -0.4 is 5.73 Å². The topological polar surface area (TPSA) is 75.9 Å². The fourth-order valence-electron chi connectivity index (χ4n) is 2.73. The zero-order valence-corrected chi connectivity index (χ0v) is 13.4. The Bertz CT molecular complexity index is 366. The predicted molar refractivity (Wildman–Crippen MR) is 83.1 cm³/mol. The molecular weight excluding hydrogens is 290 g/mol. The SMILES string of the molecule is CSCC[C@@H](N)C(=O)N1CCN(C(=O)C2CCCO2)CC1. The van der Waals surface area contributed by atoms with Crippen LogP contribution in [0.25, 0.3) is 0 Å². The van der Waals surface area contributed by atoms with Gasteiger partial charge < -0.3 is 20.3 Å². The Labute approximate surface area is 130 Å². The third kappa shape index (κ3) is 4.34. The van der Waals surface area contributed by atoms with Gasteiger partial charge in [0.05, 0.1) is 6.04 Å². The van der Waals surface area contributed by atoms with Crippen LogP contribution in [0.4, 0.5) is 0 Å². The summed E-state index contributed by atoms with van der Waals surface area (Å²) in [5, 5.41) is 0. The van der Waals surface area contributed by atoms with Crippen molar-refractivity contribution in [1.29, 1.82) is 0 Å². The molecule has 0 aromatic heterocycles. The molecule has 120 valence electrons. The Hall–Kier alpha value is -0.790. The number of piperazine rings is 1. The van der Waals surface area contributed by atoms with Crippen LogP contribution in [0.2, 0.25) is 0 Å². The number of ether oxygens (including phenoxy) is 1. The Morgan fingerprint density at radius 3 is 2.52 bits per heavy atom. The molecular formula is C14H25N3O3S. The Kier molecular flexibility index (Phi) is 6.32. The summed E-state index contributed by atoms with van der Waals surface area (Å²) in [6.07, 6.45) is 4.22. The predicted octanol–water partition coefficient (Wildman–Crippen LogP) is -0.0834. The maximum absolute atomic E-state index is 12.2. The Morgan fingerprint density at radius 1 is 1.29 bits per heavy atom. The van der Waals surface area contributed by atoms with E-state index in [9.17, 15) is 9.59 Å². The van der Waals surface area contributed by atoms with Gasteiger partial charge in [0.25, 0.3) is 5.91 Å². The van der Waals surface area contributed by atoms with Crippen molar-refractivity contribution in [3.63, 3.8) is 0 Å². The molecule has 2 atom stereocenters. The maximum Gasteiger partial charge on any atom is 0.251 e. The third-order valence-electron chi connectivity index (χ3n) is 4.06. The van der Waals surface area contributed by atoms with E-state index in [-0.39, 0.29) is 17.9 Å². The molecule has 2 saturated heterocycles. The average molecular weight is 315 g/mol. The molecule has 0 aromatic carbocycles. The van der Waals surface area contributed by atoms with E-state index >= 15 is 0 Å². The highest BCUT2D eigenvalue weighted by Crippen LogP contribution is 2.16. The van der Waals surface area contributed by atoms with Gasteiger partial charge >= 0.3 is 0 Å². The van der Waals surface area contributed by atoms with Crippen LogP contribution in [-0.4, -0.2) is 78.6 Å². The zero-order valence-electron chi connectivity index (χ0n) is 12.6. The van der Waals surface area contributed by atoms with Crippen LogP contribution >= 0.6 is 11.8 Å². The second-order valence-electron chi connectivity index (χ2n) is 5.54. The molecule has 0 radical (unpaired) electrons. The van der Waals surface area contributed by atoms with Gasteiger partial charge in [-0.2, -0.15) is 11.8 Å². The normalized spacial score (nSPS) is 24.2. The molecule has 0 bridgehead atoms. The first-order chi connectivity index (χ1) is 10.1. The highest BCUT2D eigenvalue weighted by Gasteiger charge is 2.32. The zero-order chi connectivity index (χ0) is 15.2. The highest BCUT2D eigenvalue weighted by molar-refractivity contribution is 7.98. The lowest BCUT2D eigenvalue weighted by Crippen LogP contribution is -2.55. The smallest absolute Gasteiger partial charge is 0.251 e. The van der Waals surface area contributed by atoms with E-state index in [0.717, 1.165) is 18.6 Å². The third-order valence-corrected chi connectivity index (χ3v) is 4.70. The Morgan fingerprint density at radius 2 is 1.95 bits per heavy atom. The minimum Gasteiger partial charge on any atom is -0.368 e. The lowest BCUT2D eigenvalue weighted by molar-refractivity contribution is -0.146. The largest absolute Gasteiger partial charge is 0.368 e. The molecule has 2 amide bonds. The Balaban J connectivity index is 1.77. The van der Waals surface area contributed by atoms with Gasteiger partial charge in [-0.15, -0.1) is 0 Å². The maximum atomic E-state index is 12.2. The molecule has 0 spiro atoms. The summed E-state index contributed by atoms with van der Waals surface area (Å²) >= 11 is 1.69. The first-order valence-electron chi connectivity index (χ1n) is 7.57. The van der Waals surface area contributed by atoms with Crippen molar-refractivity contribution in [3.05, 3.63) is 0 Å². The number of carbonyl (C=O) groups excluding carboxylic acids is 2. The van der Waals surface area contributed by atoms with Gasteiger partial charge in [-0.05, 0) is 31.3 Å². The molecule has 6 nitrogen and oxygen atoms in total. The summed E-state index contributed by atoms with van der Waals surface area (Å²) in [6, 6.07) is -0.419. The second-order valence-corrected chi connectivity index (χ2v) is 6.53. The molecule has 0 saturated carbocycles. The van der Waals surface area contributed by atoms with Gasteiger partial charge in [-0.25, -0.2) is 0 Å². The molecule has 2 rings (SSSR count). The summed E-state index contributed by atoms with van der Waals surface area (Å²) in [6.45, 7) is 2.99. The van der Waals surface area contributed by atoms with E-state index in [1.165, 1.54) is 0 Å². The summed E-state index contributed by atoms with van der Waals surface area (Å²) in [7, 11) is 0. The van der Waals surface area contributed by atoms with Crippen molar-refractivity contribution in [3.8, 4) is 0 Å². The fourth-order valence-corrected chi connectivity index (χ4v) is 3.22. The van der Waals surface area contributed by atoms with Crippen LogP contribution in [0, 0.1) is 0 Å². The van der Waals surface area contributed by atoms with Gasteiger partial charge in [-0.3, -0.25) is 9.59 Å². The quantitative estimate of drug-likeness (QED) is 0.768. The highest BCUT2D eigenvalue weighted by atomic mass is 32.2. The van der Waals surface area contributed by atoms with Crippen molar-refractivity contribution in [2.75, 3.05) is 44.8 Å². The number of nitrogens with two attached hydrogens (primary N) is 1. The number of amides is 2. The number of carbonyl (C=O) groups is 2. The molecule has 1 unspecified atom stereocenters. The van der Waals surface area contributed by atoms with Crippen LogP contribution in [0.5, 0.6) is 0 Å². The van der Waals surface area contributed by atoms with E-state index in [2.05, 4.69) is 0 Å². The van der Waals surface area contributed by atoms with Crippen molar-refractivity contribution < 1.29 is 14.3 Å². The standard InChI is InChI=1S/C14H25N3O3S/c1-21-10-4-11(15)13(18)16-5-7-17(8-6-16)14(19)12-3-2-9-20-12/h11-12H,2-10,15H2,1H3/t11-,12?/m1/s1. The summed E-state index contributed by atoms with van der Waals surface area (Å²) < 4.78 is 5.43. The van der Waals surface area contributed by atoms with Crippen LogP contribution in [0.15, 0.2) is 0 Å². The number of thioether (sulfide) groups is 1. The van der Waals surface area contributed by atoms with Gasteiger partial charge in [0.1, 0.15) is 6.10 Å². The number of hydrogen-bond donors (Lipinski definition) is 1. The molecule has 7 heteroatoms. The molecule has 21 heavy (non-hydrogen) atoms. The van der Waals surface area contributed by atoms with Gasteiger partial charge in [0.2, 0.25) is 5.91 Å². The van der Waals surface area contributed by atoms with E-state index in [0.29, 0.717) is 39.2 Å². The second kappa shape index (κ2) is 8.00. The minimum absolute atomic E-state index is 0.00765. The van der Waals surface area contributed by atoms with Crippen molar-refractivity contribution >= 4 is 23.6 Å². The molecule has 2 aliphatic heterocycles. The van der Waals surface area contributed by atoms with Crippen molar-refractivity contribution in [2.24, 2.45) is 5.73 Å². The van der Waals surface area contributed by atoms with E-state index in [1.807, 2.05) is 11.2 Å². The summed E-state index contributed by atoms with van der Waals surface area (Å²) in [4.78, 5) is 28.0. The molecule has 0 aromatic rings. The lowest BCUT2D eigenvalue weighted by Gasteiger charge is -2.36. The summed E-state index contributed by atoms with van der Waals surface area (Å²) in [5.74, 6) is 0.976. The van der Waals surface area contributed by atoms with Gasteiger partial charge in [-0.1, -0.05) is 0 Å². The summed E-state index contributed by atoms with van der Waals surface area (Å²) in [5.41, 5.74) is 5.92. The van der Waals surface area contributed by atoms with Gasteiger partial charge in [0.15, 0.2) is 0 Å². The number of rotatable bonds is 5. The molecule has 0 aliphatic carbocycles. The fraction of sp³-hybridized carbons (Fsp3) is 0.857. The minimum atomic E-state index is -0.419. The van der Waals surface area contributed by atoms with E-state index in [4.69, 9.17) is 10.5 Å². The van der Waals surface area contributed by atoms with Crippen LogP contribution in [-0.2, 0) is 14.3 Å². The monoisotopic (exact) mass is 315 g/mol. The average Bonchev–Trinajstić information content (AvgIpc) is 3.05. The first kappa shape index (κ1) is 16.6. The lowest BCUT2D eigenvalue weighted by atomic mass is 10.1. The van der Waals surface area contributed by atoms with Crippen molar-refractivity contribution in [1.82, 2.24) is 9.80 Å². The number of nitrogens with zero attached hydrogens (tertiary/aromatic N) is 2. The molecule has 2 N–H and O–H groups in total. The van der Waals surface area contributed by atoms with E-state index < -0.39 is 6.04 Å². The van der Waals surface area contributed by atoms with Crippen LogP contribution in [0.1, 0.15) is 19.3 Å². The number of hydrogen-bond acceptors (Lipinski definition) is 5. The molecule has 2 fully saturated rings. The van der Waals surface area contributed by atoms with Crippen LogP contribution in [0.3, 0.4) is 0 Å². The molecule has 2 aliphatic rings. The van der Waals surface area contributed by atoms with Gasteiger partial charge in [0, 0.05) is 32.8 Å². The van der Waals surface area contributed by atoms with Crippen molar-refractivity contribution in [2.45, 2.75) is 31.4 Å². The van der Waals surface area contributed by atoms with E-state index in [1.54, 1.807) is 16.7 Å². The molecule has 2 heterocycles.